The quantitative estimate of drug-likeness (QED) is 0.778. The van der Waals surface area contributed by atoms with Crippen molar-refractivity contribution < 1.29 is 13.2 Å². The zero-order chi connectivity index (χ0) is 13.8. The monoisotopic (exact) mass is 356 g/mol. The Labute approximate surface area is 120 Å². The molecule has 0 aromatic carbocycles. The second-order valence-corrected chi connectivity index (χ2v) is 8.00. The third-order valence-corrected chi connectivity index (χ3v) is 6.17. The number of nitrogens with one attached hydrogen (secondary N) is 1. The van der Waals surface area contributed by atoms with Gasteiger partial charge in [0.05, 0.1) is 3.79 Å². The van der Waals surface area contributed by atoms with Crippen LogP contribution in [0.2, 0.25) is 0 Å². The fraction of sp³-hybridized carbons (Fsp3) is 0.600. The Balaban J connectivity index is 2.82. The van der Waals surface area contributed by atoms with E-state index in [1.54, 1.807) is 20.1 Å². The minimum atomic E-state index is -3.51. The summed E-state index contributed by atoms with van der Waals surface area (Å²) in [6, 6.07) is 1.42. The maximum atomic E-state index is 12.1. The van der Waals surface area contributed by atoms with Crippen LogP contribution in [0.25, 0.3) is 0 Å². The Morgan fingerprint density at radius 1 is 1.61 bits per heavy atom. The van der Waals surface area contributed by atoms with Crippen LogP contribution in [0.5, 0.6) is 0 Å². The SMILES string of the molecule is COCCC(C)NS(=O)(=O)c1cc(CN)sc1Br. The van der Waals surface area contributed by atoms with Crippen LogP contribution in [0.4, 0.5) is 0 Å². The average molecular weight is 357 g/mol. The number of thiophene rings is 1. The van der Waals surface area contributed by atoms with Crippen LogP contribution in [0.1, 0.15) is 18.2 Å². The number of methoxy groups -OCH3 is 1. The van der Waals surface area contributed by atoms with Gasteiger partial charge in [-0.3, -0.25) is 0 Å². The summed E-state index contributed by atoms with van der Waals surface area (Å²) in [4.78, 5) is 1.07. The molecule has 0 fully saturated rings. The summed E-state index contributed by atoms with van der Waals surface area (Å²) in [5.74, 6) is 0. The first kappa shape index (κ1) is 16.1. The van der Waals surface area contributed by atoms with Gasteiger partial charge in [-0.05, 0) is 35.3 Å². The Morgan fingerprint density at radius 3 is 2.78 bits per heavy atom. The molecule has 0 saturated heterocycles. The summed E-state index contributed by atoms with van der Waals surface area (Å²) in [6.45, 7) is 2.65. The fourth-order valence-corrected chi connectivity index (χ4v) is 5.20. The van der Waals surface area contributed by atoms with E-state index < -0.39 is 10.0 Å². The van der Waals surface area contributed by atoms with E-state index in [2.05, 4.69) is 20.7 Å². The van der Waals surface area contributed by atoms with E-state index in [9.17, 15) is 8.42 Å². The van der Waals surface area contributed by atoms with Crippen LogP contribution in [0, 0.1) is 0 Å². The molecule has 0 radical (unpaired) electrons. The largest absolute Gasteiger partial charge is 0.385 e. The lowest BCUT2D eigenvalue weighted by Crippen LogP contribution is -2.33. The number of halogens is 1. The average Bonchev–Trinajstić information content (AvgIpc) is 2.68. The van der Waals surface area contributed by atoms with Crippen molar-refractivity contribution in [3.8, 4) is 0 Å². The highest BCUT2D eigenvalue weighted by Gasteiger charge is 2.22. The van der Waals surface area contributed by atoms with Crippen LogP contribution in [0.3, 0.4) is 0 Å². The minimum Gasteiger partial charge on any atom is -0.385 e. The van der Waals surface area contributed by atoms with E-state index in [1.165, 1.54) is 11.3 Å². The molecule has 8 heteroatoms. The normalized spacial score (nSPS) is 13.8. The van der Waals surface area contributed by atoms with Crippen molar-refractivity contribution in [1.29, 1.82) is 0 Å². The van der Waals surface area contributed by atoms with E-state index in [-0.39, 0.29) is 10.9 Å². The third kappa shape index (κ3) is 4.29. The van der Waals surface area contributed by atoms with Crippen molar-refractivity contribution in [3.63, 3.8) is 0 Å². The van der Waals surface area contributed by atoms with Gasteiger partial charge in [-0.25, -0.2) is 13.1 Å². The first-order valence-electron chi connectivity index (χ1n) is 5.40. The predicted octanol–water partition coefficient (Wildman–Crippen LogP) is 1.67. The molecule has 0 saturated carbocycles. The Hall–Kier alpha value is 0.01000. The van der Waals surface area contributed by atoms with Crippen molar-refractivity contribution in [2.24, 2.45) is 5.73 Å². The zero-order valence-corrected chi connectivity index (χ0v) is 13.5. The molecular formula is C10H17BrN2O3S2. The molecule has 1 rings (SSSR count). The van der Waals surface area contributed by atoms with Crippen molar-refractivity contribution in [2.45, 2.75) is 30.8 Å². The van der Waals surface area contributed by atoms with Gasteiger partial charge in [-0.1, -0.05) is 0 Å². The number of ether oxygens (including phenoxy) is 1. The summed E-state index contributed by atoms with van der Waals surface area (Å²) < 4.78 is 32.4. The van der Waals surface area contributed by atoms with E-state index in [4.69, 9.17) is 10.5 Å². The summed E-state index contributed by atoms with van der Waals surface area (Å²) in [5, 5.41) is 0. The van der Waals surface area contributed by atoms with E-state index in [1.807, 2.05) is 0 Å². The van der Waals surface area contributed by atoms with E-state index in [0.29, 0.717) is 23.4 Å². The minimum absolute atomic E-state index is 0.178. The molecule has 0 amide bonds. The molecule has 5 nitrogen and oxygen atoms in total. The van der Waals surface area contributed by atoms with Crippen molar-refractivity contribution in [1.82, 2.24) is 4.72 Å². The fourth-order valence-electron chi connectivity index (χ4n) is 1.36. The molecule has 1 aromatic heterocycles. The lowest BCUT2D eigenvalue weighted by Gasteiger charge is -2.13. The lowest BCUT2D eigenvalue weighted by molar-refractivity contribution is 0.188. The van der Waals surface area contributed by atoms with Crippen LogP contribution < -0.4 is 10.5 Å². The molecule has 0 spiro atoms. The first-order valence-corrected chi connectivity index (χ1v) is 8.49. The first-order chi connectivity index (χ1) is 8.40. The second-order valence-electron chi connectivity index (χ2n) is 3.86. The Morgan fingerprint density at radius 2 is 2.28 bits per heavy atom. The molecule has 0 aliphatic rings. The number of hydrogen-bond donors (Lipinski definition) is 2. The van der Waals surface area contributed by atoms with E-state index in [0.717, 1.165) is 4.88 Å². The molecule has 0 bridgehead atoms. The van der Waals surface area contributed by atoms with E-state index >= 15 is 0 Å². The van der Waals surface area contributed by atoms with Crippen LogP contribution >= 0.6 is 27.3 Å². The van der Waals surface area contributed by atoms with Crippen molar-refractivity contribution in [3.05, 3.63) is 14.7 Å². The summed E-state index contributed by atoms with van der Waals surface area (Å²) in [6.07, 6.45) is 0.626. The van der Waals surface area contributed by atoms with Gasteiger partial charge < -0.3 is 10.5 Å². The lowest BCUT2D eigenvalue weighted by atomic mass is 10.3. The standard InChI is InChI=1S/C10H17BrN2O3S2/c1-7(3-4-16-2)13-18(14,15)9-5-8(6-12)17-10(9)11/h5,7,13H,3-4,6,12H2,1-2H3. The van der Waals surface area contributed by atoms with Crippen LogP contribution in [-0.2, 0) is 21.3 Å². The molecule has 0 aliphatic heterocycles. The highest BCUT2D eigenvalue weighted by molar-refractivity contribution is 9.11. The van der Waals surface area contributed by atoms with Gasteiger partial charge >= 0.3 is 0 Å². The number of nitrogens with two attached hydrogens (primary N) is 1. The van der Waals surface area contributed by atoms with Crippen molar-refractivity contribution >= 4 is 37.3 Å². The van der Waals surface area contributed by atoms with Crippen LogP contribution in [0.15, 0.2) is 14.7 Å². The Kier molecular flexibility index (Phi) is 6.22. The number of hydrogen-bond acceptors (Lipinski definition) is 5. The smallest absolute Gasteiger partial charge is 0.242 e. The molecule has 18 heavy (non-hydrogen) atoms. The summed E-state index contributed by atoms with van der Waals surface area (Å²) in [7, 11) is -1.92. The topological polar surface area (TPSA) is 81.4 Å². The molecule has 3 N–H and O–H groups in total. The van der Waals surface area contributed by atoms with Gasteiger partial charge in [-0.2, -0.15) is 0 Å². The van der Waals surface area contributed by atoms with Gasteiger partial charge in [-0.15, -0.1) is 11.3 Å². The molecule has 104 valence electrons. The van der Waals surface area contributed by atoms with Gasteiger partial charge in [0.25, 0.3) is 0 Å². The highest BCUT2D eigenvalue weighted by atomic mass is 79.9. The van der Waals surface area contributed by atoms with Crippen LogP contribution in [-0.4, -0.2) is 28.2 Å². The molecule has 1 aromatic rings. The molecular weight excluding hydrogens is 340 g/mol. The summed E-state index contributed by atoms with van der Waals surface area (Å²) >= 11 is 4.59. The number of sulfonamides is 1. The van der Waals surface area contributed by atoms with Crippen molar-refractivity contribution in [2.75, 3.05) is 13.7 Å². The molecule has 1 atom stereocenters. The number of rotatable bonds is 7. The maximum Gasteiger partial charge on any atom is 0.242 e. The Bertz CT molecular complexity index is 487. The highest BCUT2D eigenvalue weighted by Crippen LogP contribution is 2.31. The molecule has 0 aliphatic carbocycles. The zero-order valence-electron chi connectivity index (χ0n) is 10.3. The molecule has 1 unspecified atom stereocenters. The predicted molar refractivity (Wildman–Crippen MR) is 76.2 cm³/mol. The maximum absolute atomic E-state index is 12.1. The second kappa shape index (κ2) is 6.97. The molecule has 1 heterocycles. The third-order valence-electron chi connectivity index (χ3n) is 2.31. The van der Waals surface area contributed by atoms with Gasteiger partial charge in [0.1, 0.15) is 4.90 Å². The summed E-state index contributed by atoms with van der Waals surface area (Å²) in [5.41, 5.74) is 5.50. The van der Waals surface area contributed by atoms with Gasteiger partial charge in [0, 0.05) is 31.2 Å². The van der Waals surface area contributed by atoms with Gasteiger partial charge in [0.15, 0.2) is 0 Å². The van der Waals surface area contributed by atoms with Gasteiger partial charge in [0.2, 0.25) is 10.0 Å².